The molecular formula is C24H22FN3O2S2. The summed E-state index contributed by atoms with van der Waals surface area (Å²) in [5.41, 5.74) is 3.79. The van der Waals surface area contributed by atoms with Crippen molar-refractivity contribution >= 4 is 34.9 Å². The highest BCUT2D eigenvalue weighted by molar-refractivity contribution is 8.05. The summed E-state index contributed by atoms with van der Waals surface area (Å²) >= 11 is 3.47. The van der Waals surface area contributed by atoms with Crippen molar-refractivity contribution < 1.29 is 9.13 Å². The molecule has 5 nitrogen and oxygen atoms in total. The van der Waals surface area contributed by atoms with E-state index in [4.69, 9.17) is 4.74 Å². The second kappa shape index (κ2) is 8.17. The Balaban J connectivity index is 1.34. The fourth-order valence-corrected chi connectivity index (χ4v) is 6.69. The molecule has 1 unspecified atom stereocenters. The van der Waals surface area contributed by atoms with Gasteiger partial charge < -0.3 is 19.5 Å². The zero-order chi connectivity index (χ0) is 21.7. The fraction of sp³-hybridized carbons (Fsp3) is 0.292. The molecule has 0 radical (unpaired) electrons. The van der Waals surface area contributed by atoms with Crippen LogP contribution in [0.25, 0.3) is 11.3 Å². The summed E-state index contributed by atoms with van der Waals surface area (Å²) in [4.78, 5) is 24.5. The zero-order valence-corrected chi connectivity index (χ0v) is 19.0. The van der Waals surface area contributed by atoms with Gasteiger partial charge in [-0.1, -0.05) is 35.7 Å². The molecule has 1 N–H and O–H groups in total. The van der Waals surface area contributed by atoms with Crippen molar-refractivity contribution in [2.45, 2.75) is 25.6 Å². The van der Waals surface area contributed by atoms with E-state index in [-0.39, 0.29) is 18.3 Å². The number of aromatic nitrogens is 1. The van der Waals surface area contributed by atoms with Crippen molar-refractivity contribution in [2.24, 2.45) is 0 Å². The van der Waals surface area contributed by atoms with Crippen LogP contribution >= 0.6 is 23.5 Å². The van der Waals surface area contributed by atoms with E-state index in [2.05, 4.69) is 51.2 Å². The van der Waals surface area contributed by atoms with Crippen LogP contribution in [0.5, 0.6) is 0 Å². The van der Waals surface area contributed by atoms with Gasteiger partial charge in [0.05, 0.1) is 24.9 Å². The van der Waals surface area contributed by atoms with Gasteiger partial charge in [-0.15, -0.1) is 0 Å². The standard InChI is InChI=1S/C24H22FN3O2S2/c25-13-17-14-28(17)15-4-5-20-22(11-15)31-21-3-1-2-18(24(21)32-20)19-10-16(12-23(29)26-19)27-6-8-30-9-7-27/h1-5,10-12,17H,6-9,13-14H2,(H,26,29). The summed E-state index contributed by atoms with van der Waals surface area (Å²) in [6.45, 7) is 3.43. The van der Waals surface area contributed by atoms with Gasteiger partial charge in [0, 0.05) is 62.2 Å². The number of H-pyrrole nitrogens is 1. The van der Waals surface area contributed by atoms with Gasteiger partial charge in [-0.3, -0.25) is 4.79 Å². The molecule has 0 spiro atoms. The van der Waals surface area contributed by atoms with Crippen molar-refractivity contribution in [2.75, 3.05) is 49.3 Å². The first kappa shape index (κ1) is 20.2. The molecule has 1 aromatic heterocycles. The van der Waals surface area contributed by atoms with E-state index in [1.54, 1.807) is 29.6 Å². The quantitative estimate of drug-likeness (QED) is 0.441. The number of rotatable bonds is 4. The fourth-order valence-electron chi connectivity index (χ4n) is 4.29. The number of benzene rings is 2. The van der Waals surface area contributed by atoms with Crippen molar-refractivity contribution in [1.82, 2.24) is 4.98 Å². The first-order valence-electron chi connectivity index (χ1n) is 10.7. The first-order valence-corrected chi connectivity index (χ1v) is 12.4. The Bertz CT molecular complexity index is 1240. The average Bonchev–Trinajstić information content (AvgIpc) is 3.62. The van der Waals surface area contributed by atoms with Gasteiger partial charge in [0.2, 0.25) is 5.56 Å². The molecule has 4 heterocycles. The van der Waals surface area contributed by atoms with Gasteiger partial charge >= 0.3 is 0 Å². The molecule has 0 saturated carbocycles. The van der Waals surface area contributed by atoms with Crippen LogP contribution in [0.3, 0.4) is 0 Å². The molecule has 0 aliphatic carbocycles. The molecule has 0 amide bonds. The third kappa shape index (κ3) is 3.70. The highest BCUT2D eigenvalue weighted by Crippen LogP contribution is 2.52. The topological polar surface area (TPSA) is 48.3 Å². The Labute approximate surface area is 194 Å². The molecule has 3 aliphatic heterocycles. The largest absolute Gasteiger partial charge is 0.378 e. The lowest BCUT2D eigenvalue weighted by molar-refractivity contribution is 0.122. The monoisotopic (exact) mass is 467 g/mol. The zero-order valence-electron chi connectivity index (χ0n) is 17.3. The summed E-state index contributed by atoms with van der Waals surface area (Å²) in [5.74, 6) is 0. The predicted octanol–water partition coefficient (Wildman–Crippen LogP) is 4.65. The number of hydrogen-bond acceptors (Lipinski definition) is 6. The lowest BCUT2D eigenvalue weighted by Crippen LogP contribution is -2.36. The Morgan fingerprint density at radius 2 is 1.88 bits per heavy atom. The molecule has 2 fully saturated rings. The van der Waals surface area contributed by atoms with Crippen molar-refractivity contribution in [3.63, 3.8) is 0 Å². The van der Waals surface area contributed by atoms with Gasteiger partial charge in [-0.2, -0.15) is 0 Å². The van der Waals surface area contributed by atoms with Crippen molar-refractivity contribution in [1.29, 1.82) is 0 Å². The SMILES string of the molecule is O=c1cc(N2CCOCC2)cc(-c2cccc3c2Sc2ccc(N4CC4CF)cc2S3)[nH]1. The number of pyridine rings is 1. The minimum absolute atomic E-state index is 0.0312. The maximum atomic E-state index is 12.9. The van der Waals surface area contributed by atoms with Crippen molar-refractivity contribution in [3.8, 4) is 11.3 Å². The Hall–Kier alpha value is -2.42. The lowest BCUT2D eigenvalue weighted by atomic mass is 10.1. The smallest absolute Gasteiger partial charge is 0.250 e. The van der Waals surface area contributed by atoms with E-state index in [9.17, 15) is 9.18 Å². The van der Waals surface area contributed by atoms with E-state index in [1.165, 1.54) is 14.7 Å². The number of alkyl halides is 1. The van der Waals surface area contributed by atoms with E-state index < -0.39 is 0 Å². The Kier molecular flexibility index (Phi) is 5.16. The summed E-state index contributed by atoms with van der Waals surface area (Å²) in [7, 11) is 0. The number of nitrogens with zero attached hydrogens (tertiary/aromatic N) is 2. The van der Waals surface area contributed by atoms with E-state index >= 15 is 0 Å². The first-order chi connectivity index (χ1) is 15.7. The van der Waals surface area contributed by atoms with Crippen LogP contribution in [0.1, 0.15) is 0 Å². The van der Waals surface area contributed by atoms with Crippen LogP contribution in [0, 0.1) is 0 Å². The maximum absolute atomic E-state index is 12.9. The Morgan fingerprint density at radius 1 is 1.00 bits per heavy atom. The second-order valence-corrected chi connectivity index (χ2v) is 10.3. The highest BCUT2D eigenvalue weighted by Gasteiger charge is 2.34. The molecule has 8 heteroatoms. The van der Waals surface area contributed by atoms with Crippen LogP contribution in [-0.4, -0.2) is 50.5 Å². The molecule has 32 heavy (non-hydrogen) atoms. The number of aromatic amines is 1. The minimum atomic E-state index is -0.299. The number of fused-ring (bicyclic) bond motifs is 2. The highest BCUT2D eigenvalue weighted by atomic mass is 32.2. The van der Waals surface area contributed by atoms with Crippen LogP contribution in [0.4, 0.5) is 15.8 Å². The lowest BCUT2D eigenvalue weighted by Gasteiger charge is -2.29. The number of anilines is 2. The summed E-state index contributed by atoms with van der Waals surface area (Å²) < 4.78 is 18.4. The van der Waals surface area contributed by atoms with Gasteiger partial charge in [0.15, 0.2) is 0 Å². The molecule has 1 atom stereocenters. The third-order valence-electron chi connectivity index (χ3n) is 6.06. The number of hydrogen-bond donors (Lipinski definition) is 1. The van der Waals surface area contributed by atoms with Crippen molar-refractivity contribution in [3.05, 3.63) is 58.9 Å². The van der Waals surface area contributed by atoms with Crippen LogP contribution in [0.2, 0.25) is 0 Å². The summed E-state index contributed by atoms with van der Waals surface area (Å²) in [6, 6.07) is 16.4. The van der Waals surface area contributed by atoms with Gasteiger partial charge in [0.25, 0.3) is 0 Å². The third-order valence-corrected chi connectivity index (χ3v) is 8.65. The predicted molar refractivity (Wildman–Crippen MR) is 127 cm³/mol. The van der Waals surface area contributed by atoms with E-state index in [0.29, 0.717) is 13.2 Å². The maximum Gasteiger partial charge on any atom is 0.250 e. The van der Waals surface area contributed by atoms with Crippen LogP contribution < -0.4 is 15.4 Å². The molecule has 3 aliphatic rings. The number of halogens is 1. The molecule has 164 valence electrons. The molecule has 2 saturated heterocycles. The van der Waals surface area contributed by atoms with Gasteiger partial charge in [-0.05, 0) is 30.3 Å². The number of morpholine rings is 1. The normalized spacial score (nSPS) is 19.5. The second-order valence-electron chi connectivity index (χ2n) is 8.14. The van der Waals surface area contributed by atoms with Crippen LogP contribution in [-0.2, 0) is 4.74 Å². The minimum Gasteiger partial charge on any atom is -0.378 e. The molecule has 3 aromatic rings. The number of ether oxygens (including phenoxy) is 1. The van der Waals surface area contributed by atoms with Crippen LogP contribution in [0.15, 0.2) is 72.9 Å². The van der Waals surface area contributed by atoms with E-state index in [1.807, 2.05) is 6.07 Å². The van der Waals surface area contributed by atoms with Gasteiger partial charge in [-0.25, -0.2) is 4.39 Å². The molecular weight excluding hydrogens is 445 g/mol. The average molecular weight is 468 g/mol. The van der Waals surface area contributed by atoms with E-state index in [0.717, 1.165) is 47.2 Å². The summed E-state index contributed by atoms with van der Waals surface area (Å²) in [6.07, 6.45) is 0. The molecule has 2 aromatic carbocycles. The molecule has 0 bridgehead atoms. The Morgan fingerprint density at radius 3 is 2.69 bits per heavy atom. The number of nitrogens with one attached hydrogen (secondary N) is 1. The summed E-state index contributed by atoms with van der Waals surface area (Å²) in [5, 5.41) is 0. The van der Waals surface area contributed by atoms with Gasteiger partial charge in [0.1, 0.15) is 6.67 Å². The molecule has 6 rings (SSSR count).